The standard InChI is InChI=1S/C60H52Se/c1-5-14-47-43(10-1)56(44-11-2-6-15-48(44)58(47)54-38-24-33-22-34(26-38)27-39(54)25-33)37-20-21-42-51-18-9-19-52(60(51)61-53(42)32-37)57-45-12-3-7-16-49(45)59(50-17-8-4-13-46(50)57)55-40-28-35-23-36(30-40)31-41(55)29-35/h1-21,32-36,38-41,54-55H,22-31H2. The molecule has 9 aromatic rings. The molecule has 8 aliphatic carbocycles. The van der Waals surface area contributed by atoms with Crippen LogP contribution in [0.15, 0.2) is 133 Å². The molecule has 8 aliphatic rings. The van der Waals surface area contributed by atoms with Crippen LogP contribution in [-0.4, -0.2) is 14.5 Å². The molecule has 0 aliphatic heterocycles. The van der Waals surface area contributed by atoms with Gasteiger partial charge in [-0.2, -0.15) is 0 Å². The molecule has 0 amide bonds. The third-order valence-electron chi connectivity index (χ3n) is 18.1. The summed E-state index contributed by atoms with van der Waals surface area (Å²) in [5.74, 6) is 8.73. The van der Waals surface area contributed by atoms with Gasteiger partial charge in [0.25, 0.3) is 0 Å². The van der Waals surface area contributed by atoms with Gasteiger partial charge in [0.15, 0.2) is 0 Å². The second kappa shape index (κ2) is 12.9. The monoisotopic (exact) mass is 852 g/mol. The predicted molar refractivity (Wildman–Crippen MR) is 259 cm³/mol. The number of hydrogen-bond acceptors (Lipinski definition) is 0. The van der Waals surface area contributed by atoms with Crippen molar-refractivity contribution >= 4 is 76.9 Å². The molecule has 1 heterocycles. The fourth-order valence-electron chi connectivity index (χ4n) is 16.6. The first-order valence-corrected chi connectivity index (χ1v) is 25.7. The maximum atomic E-state index is 2.61. The summed E-state index contributed by atoms with van der Waals surface area (Å²) in [6, 6.07) is 53.0. The van der Waals surface area contributed by atoms with E-state index in [1.54, 1.807) is 15.4 Å². The van der Waals surface area contributed by atoms with E-state index in [1.807, 2.05) is 0 Å². The van der Waals surface area contributed by atoms with Gasteiger partial charge in [-0.15, -0.1) is 0 Å². The average molecular weight is 852 g/mol. The Kier molecular flexibility index (Phi) is 7.39. The first-order valence-electron chi connectivity index (χ1n) is 24.0. The van der Waals surface area contributed by atoms with Crippen LogP contribution in [0.3, 0.4) is 0 Å². The SMILES string of the molecule is c1ccc2c(C3C4CC5CC(C4)CC3C5)c3ccccc3c(-c3ccc4c(c3)[se]c3c(-c5c6ccccc6c(C6C7CC8CC(C7)CC6C8)c6ccccc56)cccc34)c2c1. The third kappa shape index (κ3) is 4.95. The summed E-state index contributed by atoms with van der Waals surface area (Å²) in [6.45, 7) is 0. The van der Waals surface area contributed by atoms with Gasteiger partial charge < -0.3 is 0 Å². The van der Waals surface area contributed by atoms with Crippen molar-refractivity contribution in [2.24, 2.45) is 47.3 Å². The van der Waals surface area contributed by atoms with E-state index in [-0.39, 0.29) is 14.5 Å². The Hall–Kier alpha value is -4.68. The van der Waals surface area contributed by atoms with E-state index in [4.69, 9.17) is 0 Å². The molecule has 17 rings (SSSR count). The molecule has 0 radical (unpaired) electrons. The van der Waals surface area contributed by atoms with E-state index in [0.29, 0.717) is 11.8 Å². The normalized spacial score (nSPS) is 30.0. The molecule has 0 unspecified atom stereocenters. The summed E-state index contributed by atoms with van der Waals surface area (Å²) in [5.41, 5.74) is 9.10. The Morgan fingerprint density at radius 2 is 0.721 bits per heavy atom. The van der Waals surface area contributed by atoms with Gasteiger partial charge in [0.2, 0.25) is 0 Å². The van der Waals surface area contributed by atoms with Gasteiger partial charge in [-0.1, -0.05) is 0 Å². The maximum absolute atomic E-state index is 2.61. The molecule has 8 aromatic carbocycles. The van der Waals surface area contributed by atoms with Gasteiger partial charge >= 0.3 is 367 Å². The van der Waals surface area contributed by atoms with Gasteiger partial charge in [0.05, 0.1) is 0 Å². The van der Waals surface area contributed by atoms with Crippen LogP contribution in [0.2, 0.25) is 0 Å². The Morgan fingerprint density at radius 1 is 0.328 bits per heavy atom. The Bertz CT molecular complexity index is 3140. The van der Waals surface area contributed by atoms with Crippen molar-refractivity contribution in [2.75, 3.05) is 0 Å². The zero-order chi connectivity index (χ0) is 39.5. The summed E-state index contributed by atoms with van der Waals surface area (Å²) in [4.78, 5) is 0. The molecule has 298 valence electrons. The molecule has 1 aromatic heterocycles. The molecule has 1 heteroatoms. The van der Waals surface area contributed by atoms with Crippen LogP contribution >= 0.6 is 0 Å². The van der Waals surface area contributed by atoms with Gasteiger partial charge in [-0.3, -0.25) is 0 Å². The number of rotatable bonds is 4. The van der Waals surface area contributed by atoms with Gasteiger partial charge in [-0.05, 0) is 0 Å². The summed E-state index contributed by atoms with van der Waals surface area (Å²) >= 11 is 0.186. The topological polar surface area (TPSA) is 0 Å². The van der Waals surface area contributed by atoms with Gasteiger partial charge in [0, 0.05) is 0 Å². The molecule has 8 bridgehead atoms. The first kappa shape index (κ1) is 34.9. The van der Waals surface area contributed by atoms with Crippen LogP contribution in [0.4, 0.5) is 0 Å². The van der Waals surface area contributed by atoms with Crippen molar-refractivity contribution in [1.29, 1.82) is 0 Å². The summed E-state index contributed by atoms with van der Waals surface area (Å²) in [6.07, 6.45) is 14.6. The summed E-state index contributed by atoms with van der Waals surface area (Å²) in [7, 11) is 0. The molecule has 0 saturated heterocycles. The first-order chi connectivity index (χ1) is 30.2. The summed E-state index contributed by atoms with van der Waals surface area (Å²) < 4.78 is 3.09. The second-order valence-electron chi connectivity index (χ2n) is 21.2. The van der Waals surface area contributed by atoms with Crippen molar-refractivity contribution in [3.05, 3.63) is 145 Å². The quantitative estimate of drug-likeness (QED) is 0.122. The third-order valence-corrected chi connectivity index (χ3v) is 20.6. The van der Waals surface area contributed by atoms with Crippen LogP contribution in [0.25, 0.3) is 84.6 Å². The number of hydrogen-bond donors (Lipinski definition) is 0. The van der Waals surface area contributed by atoms with E-state index in [2.05, 4.69) is 133 Å². The van der Waals surface area contributed by atoms with Crippen molar-refractivity contribution in [2.45, 2.75) is 76.0 Å². The Labute approximate surface area is 365 Å². The summed E-state index contributed by atoms with van der Waals surface area (Å²) in [5, 5.41) is 14.8. The van der Waals surface area contributed by atoms with E-state index in [1.165, 1.54) is 145 Å². The van der Waals surface area contributed by atoms with Crippen LogP contribution in [0.1, 0.15) is 87.2 Å². The van der Waals surface area contributed by atoms with Crippen LogP contribution < -0.4 is 0 Å². The Balaban J connectivity index is 0.923. The molecule has 8 saturated carbocycles. The zero-order valence-corrected chi connectivity index (χ0v) is 36.7. The van der Waals surface area contributed by atoms with E-state index >= 15 is 0 Å². The zero-order valence-electron chi connectivity index (χ0n) is 35.0. The van der Waals surface area contributed by atoms with Crippen LogP contribution in [0, 0.1) is 47.3 Å². The Morgan fingerprint density at radius 3 is 1.16 bits per heavy atom. The molecular weight excluding hydrogens is 800 g/mol. The van der Waals surface area contributed by atoms with Crippen LogP contribution in [0.5, 0.6) is 0 Å². The fraction of sp³-hybridized carbons (Fsp3) is 0.333. The average Bonchev–Trinajstić information content (AvgIpc) is 3.66. The molecule has 0 atom stereocenters. The molecule has 0 nitrogen and oxygen atoms in total. The molecule has 0 spiro atoms. The molecule has 8 fully saturated rings. The van der Waals surface area contributed by atoms with Crippen molar-refractivity contribution < 1.29 is 0 Å². The minimum atomic E-state index is 0.186. The van der Waals surface area contributed by atoms with E-state index in [0.717, 1.165) is 47.3 Å². The predicted octanol–water partition coefficient (Wildman–Crippen LogP) is 16.1. The van der Waals surface area contributed by atoms with E-state index in [9.17, 15) is 0 Å². The number of fused-ring (bicyclic) bond motifs is 7. The number of benzene rings is 8. The van der Waals surface area contributed by atoms with Gasteiger partial charge in [0.1, 0.15) is 0 Å². The van der Waals surface area contributed by atoms with Crippen molar-refractivity contribution in [1.82, 2.24) is 0 Å². The second-order valence-corrected chi connectivity index (χ2v) is 23.4. The van der Waals surface area contributed by atoms with Crippen molar-refractivity contribution in [3.63, 3.8) is 0 Å². The van der Waals surface area contributed by atoms with Gasteiger partial charge in [-0.25, -0.2) is 0 Å². The molecular formula is C60H52Se. The van der Waals surface area contributed by atoms with E-state index < -0.39 is 0 Å². The fourth-order valence-corrected chi connectivity index (χ4v) is 19.2. The minimum absolute atomic E-state index is 0.186. The molecule has 0 N–H and O–H groups in total. The van der Waals surface area contributed by atoms with Crippen molar-refractivity contribution in [3.8, 4) is 22.3 Å². The molecule has 61 heavy (non-hydrogen) atoms. The van der Waals surface area contributed by atoms with Crippen LogP contribution in [-0.2, 0) is 0 Å².